The fourth-order valence-electron chi connectivity index (χ4n) is 4.38. The first-order valence-electron chi connectivity index (χ1n) is 10.7. The summed E-state index contributed by atoms with van der Waals surface area (Å²) in [4.78, 5) is 27.4. The van der Waals surface area contributed by atoms with Crippen molar-refractivity contribution in [1.82, 2.24) is 19.5 Å². The molecule has 10 nitrogen and oxygen atoms in total. The van der Waals surface area contributed by atoms with E-state index in [1.54, 1.807) is 31.5 Å². The fourth-order valence-corrected chi connectivity index (χ4v) is 5.63. The lowest BCUT2D eigenvalue weighted by Gasteiger charge is -2.26. The number of hydrogen-bond donors (Lipinski definition) is 1. The summed E-state index contributed by atoms with van der Waals surface area (Å²) in [6.45, 7) is 1.63. The van der Waals surface area contributed by atoms with Crippen LogP contribution in [0.4, 0.5) is 11.6 Å². The van der Waals surface area contributed by atoms with Gasteiger partial charge < -0.3 is 0 Å². The molecule has 1 atom stereocenters. The molecule has 4 aromatic rings. The first kappa shape index (κ1) is 24.9. The predicted molar refractivity (Wildman–Crippen MR) is 137 cm³/mol. The molecule has 0 saturated carbocycles. The molecule has 0 fully saturated rings. The third-order valence-electron chi connectivity index (χ3n) is 6.05. The Bertz CT molecular complexity index is 1680. The normalized spacial score (nSPS) is 17.1. The largest absolute Gasteiger partial charge is 0.284 e. The van der Waals surface area contributed by atoms with Crippen LogP contribution in [0.1, 0.15) is 18.3 Å². The Morgan fingerprint density at radius 1 is 1.00 bits per heavy atom. The molecule has 13 heteroatoms. The van der Waals surface area contributed by atoms with Crippen LogP contribution < -0.4 is 10.0 Å². The summed E-state index contributed by atoms with van der Waals surface area (Å²) in [5.41, 5.74) is 1.22. The number of halogens is 2. The third-order valence-corrected chi connectivity index (χ3v) is 7.36. The van der Waals surface area contributed by atoms with Gasteiger partial charge in [0.15, 0.2) is 5.03 Å². The first-order chi connectivity index (χ1) is 17.5. The number of aromatic nitrogens is 4. The Hall–Kier alpha value is -3.82. The Morgan fingerprint density at radius 3 is 2.19 bits per heavy atom. The van der Waals surface area contributed by atoms with Crippen LogP contribution in [-0.4, -0.2) is 33.8 Å². The van der Waals surface area contributed by atoms with Crippen LogP contribution in [0.25, 0.3) is 11.1 Å². The van der Waals surface area contributed by atoms with Gasteiger partial charge in [0.2, 0.25) is 11.8 Å². The van der Waals surface area contributed by atoms with E-state index in [1.807, 2.05) is 30.3 Å². The van der Waals surface area contributed by atoms with E-state index in [4.69, 9.17) is 33.6 Å². The van der Waals surface area contributed by atoms with Gasteiger partial charge in [0.25, 0.3) is 15.9 Å². The second-order valence-electron chi connectivity index (χ2n) is 8.60. The molecule has 1 unspecified atom stereocenters. The van der Waals surface area contributed by atoms with E-state index in [1.165, 1.54) is 15.5 Å². The summed E-state index contributed by atoms with van der Waals surface area (Å²) < 4.78 is 26.2. The number of nitrogens with zero attached hydrogens (tertiary/aromatic N) is 6. The summed E-state index contributed by atoms with van der Waals surface area (Å²) in [6, 6.07) is 13.8. The van der Waals surface area contributed by atoms with Crippen LogP contribution in [0.5, 0.6) is 0 Å². The van der Waals surface area contributed by atoms with Crippen molar-refractivity contribution in [2.75, 3.05) is 4.90 Å². The molecule has 2 N–H and O–H groups in total. The van der Waals surface area contributed by atoms with Gasteiger partial charge in [0.1, 0.15) is 11.6 Å². The maximum absolute atomic E-state index is 13.9. The fraction of sp³-hybridized carbons (Fsp3) is 0.125. The van der Waals surface area contributed by atoms with Crippen LogP contribution in [0.15, 0.2) is 66.1 Å². The molecule has 0 aliphatic carbocycles. The van der Waals surface area contributed by atoms with Crippen molar-refractivity contribution in [3.05, 3.63) is 82.5 Å². The van der Waals surface area contributed by atoms with E-state index < -0.39 is 21.5 Å². The van der Waals surface area contributed by atoms with Crippen LogP contribution in [-0.2, 0) is 26.8 Å². The number of anilines is 2. The zero-order valence-corrected chi connectivity index (χ0v) is 21.5. The summed E-state index contributed by atoms with van der Waals surface area (Å²) in [5.74, 6) is -0.273. The molecule has 186 valence electrons. The monoisotopic (exact) mass is 553 g/mol. The number of carbonyl (C=O) groups is 1. The molecule has 5 rings (SSSR count). The van der Waals surface area contributed by atoms with Crippen molar-refractivity contribution in [2.45, 2.75) is 23.9 Å². The molecule has 37 heavy (non-hydrogen) atoms. The van der Waals surface area contributed by atoms with Gasteiger partial charge >= 0.3 is 0 Å². The van der Waals surface area contributed by atoms with Crippen LogP contribution in [0.2, 0.25) is 10.0 Å². The minimum absolute atomic E-state index is 0.0698. The molecule has 2 aromatic heterocycles. The second kappa shape index (κ2) is 8.93. The van der Waals surface area contributed by atoms with Crippen molar-refractivity contribution < 1.29 is 13.2 Å². The molecule has 1 aliphatic heterocycles. The average Bonchev–Trinajstić information content (AvgIpc) is 3.37. The number of rotatable bonds is 5. The summed E-state index contributed by atoms with van der Waals surface area (Å²) >= 11 is 12.3. The Kier molecular flexibility index (Phi) is 6.00. The number of nitriles is 1. The highest BCUT2D eigenvalue weighted by Gasteiger charge is 2.51. The summed E-state index contributed by atoms with van der Waals surface area (Å²) in [7, 11) is -4.21. The Balaban J connectivity index is 1.57. The van der Waals surface area contributed by atoms with Gasteiger partial charge in [-0.2, -0.15) is 5.26 Å². The Labute approximate surface area is 222 Å². The van der Waals surface area contributed by atoms with Gasteiger partial charge in [0.05, 0.1) is 11.9 Å². The molecular formula is C24H17Cl2N7O3S. The predicted octanol–water partition coefficient (Wildman–Crippen LogP) is 3.80. The molecule has 0 spiro atoms. The van der Waals surface area contributed by atoms with Crippen LogP contribution >= 0.6 is 23.2 Å². The van der Waals surface area contributed by atoms with E-state index in [9.17, 15) is 13.2 Å². The maximum Gasteiger partial charge on any atom is 0.260 e. The summed E-state index contributed by atoms with van der Waals surface area (Å²) in [5, 5.41) is 14.7. The number of hydrogen-bond acceptors (Lipinski definition) is 7. The third kappa shape index (κ3) is 4.34. The number of amides is 1. The van der Waals surface area contributed by atoms with Gasteiger partial charge in [0, 0.05) is 34.4 Å². The van der Waals surface area contributed by atoms with Gasteiger partial charge in [-0.15, -0.1) is 0 Å². The highest BCUT2D eigenvalue weighted by atomic mass is 35.5. The van der Waals surface area contributed by atoms with Crippen molar-refractivity contribution >= 4 is 50.8 Å². The van der Waals surface area contributed by atoms with E-state index in [0.717, 1.165) is 17.3 Å². The van der Waals surface area contributed by atoms with E-state index in [0.29, 0.717) is 21.3 Å². The zero-order chi connectivity index (χ0) is 26.5. The number of fused-ring (bicyclic) bond motifs is 1. The van der Waals surface area contributed by atoms with Crippen LogP contribution in [0, 0.1) is 11.3 Å². The lowest BCUT2D eigenvalue weighted by atomic mass is 9.91. The van der Waals surface area contributed by atoms with Gasteiger partial charge in [-0.3, -0.25) is 9.36 Å². The minimum atomic E-state index is -4.21. The van der Waals surface area contributed by atoms with E-state index >= 15 is 0 Å². The van der Waals surface area contributed by atoms with E-state index in [-0.39, 0.29) is 23.2 Å². The number of nitrogens with two attached hydrogens (primary N) is 1. The lowest BCUT2D eigenvalue weighted by molar-refractivity contribution is -0.124. The maximum atomic E-state index is 13.9. The molecular weight excluding hydrogens is 537 g/mol. The zero-order valence-electron chi connectivity index (χ0n) is 19.1. The van der Waals surface area contributed by atoms with Crippen molar-refractivity contribution in [2.24, 2.45) is 5.14 Å². The molecule has 3 heterocycles. The van der Waals surface area contributed by atoms with Gasteiger partial charge in [-0.1, -0.05) is 47.5 Å². The molecule has 1 aliphatic rings. The van der Waals surface area contributed by atoms with Gasteiger partial charge in [-0.05, 0) is 36.2 Å². The quantitative estimate of drug-likeness (QED) is 0.395. The highest BCUT2D eigenvalue weighted by molar-refractivity contribution is 7.89. The van der Waals surface area contributed by atoms with Crippen molar-refractivity contribution in [3.8, 4) is 17.2 Å². The van der Waals surface area contributed by atoms with Crippen molar-refractivity contribution in [3.63, 3.8) is 0 Å². The number of carbonyl (C=O) groups excluding carboxylic acids is 1. The average molecular weight is 554 g/mol. The molecule has 0 bridgehead atoms. The van der Waals surface area contributed by atoms with Crippen molar-refractivity contribution in [1.29, 1.82) is 5.26 Å². The number of sulfonamides is 1. The number of benzene rings is 2. The number of primary sulfonamides is 1. The molecule has 2 aromatic carbocycles. The Morgan fingerprint density at radius 2 is 1.62 bits per heavy atom. The topological polar surface area (TPSA) is 148 Å². The minimum Gasteiger partial charge on any atom is -0.284 e. The first-order valence-corrected chi connectivity index (χ1v) is 13.0. The molecule has 0 radical (unpaired) electrons. The second-order valence-corrected chi connectivity index (χ2v) is 11.0. The molecule has 0 saturated heterocycles. The van der Waals surface area contributed by atoms with E-state index in [2.05, 4.69) is 15.0 Å². The molecule has 1 amide bonds. The SMILES string of the molecule is CC1(Cc2ccc(-c3cnc(C#N)nc3)cc2)C(=O)N(c2cc(Cl)cc(Cl)c2)c2ncc(S(N)(=O)=O)n21. The standard InChI is InChI=1S/C24H17Cl2N7O3S/c1-24(9-14-2-4-15(5-3-14)16-11-29-20(10-27)30-12-16)22(34)32(19-7-17(25)6-18(26)8-19)23-31-13-21(33(23)24)37(28,35)36/h2-8,11-13H,9H2,1H3,(H2,28,35,36). The summed E-state index contributed by atoms with van der Waals surface area (Å²) in [6.07, 6.45) is 4.36. The smallest absolute Gasteiger partial charge is 0.260 e. The highest BCUT2D eigenvalue weighted by Crippen LogP contribution is 2.44. The number of imidazole rings is 1. The lowest BCUT2D eigenvalue weighted by Crippen LogP contribution is -2.42. The van der Waals surface area contributed by atoms with Gasteiger partial charge in [-0.25, -0.2) is 33.4 Å². The van der Waals surface area contributed by atoms with Crippen LogP contribution in [0.3, 0.4) is 0 Å².